The molecule has 0 atom stereocenters. The Bertz CT molecular complexity index is 834. The highest BCUT2D eigenvalue weighted by Gasteiger charge is 2.12. The number of fused-ring (bicyclic) bond motifs is 1. The highest BCUT2D eigenvalue weighted by atomic mass is 16.2. The maximum absolute atomic E-state index is 12.3. The van der Waals surface area contributed by atoms with Crippen LogP contribution < -0.4 is 16.6 Å². The van der Waals surface area contributed by atoms with Crippen LogP contribution in [0.5, 0.6) is 0 Å². The summed E-state index contributed by atoms with van der Waals surface area (Å²) in [6.45, 7) is 3.53. The fourth-order valence-corrected chi connectivity index (χ4v) is 3.08. The van der Waals surface area contributed by atoms with E-state index >= 15 is 0 Å². The van der Waals surface area contributed by atoms with E-state index in [1.54, 1.807) is 24.3 Å². The molecule has 2 aromatic rings. The fourth-order valence-electron chi connectivity index (χ4n) is 3.08. The van der Waals surface area contributed by atoms with Gasteiger partial charge in [-0.25, -0.2) is 4.79 Å². The summed E-state index contributed by atoms with van der Waals surface area (Å²) in [4.78, 5) is 41.4. The van der Waals surface area contributed by atoms with Crippen molar-refractivity contribution in [1.82, 2.24) is 19.8 Å². The first kappa shape index (κ1) is 16.4. The number of hydrogen-bond acceptors (Lipinski definition) is 4. The summed E-state index contributed by atoms with van der Waals surface area (Å²) < 4.78 is 0.943. The molecule has 1 fully saturated rings. The van der Waals surface area contributed by atoms with E-state index in [2.05, 4.69) is 15.2 Å². The number of aromatic nitrogens is 2. The average molecular weight is 330 g/mol. The second kappa shape index (κ2) is 7.44. The van der Waals surface area contributed by atoms with Gasteiger partial charge in [-0.15, -0.1) is 0 Å². The van der Waals surface area contributed by atoms with Crippen LogP contribution in [0.15, 0.2) is 33.9 Å². The zero-order valence-corrected chi connectivity index (χ0v) is 13.6. The number of likely N-dealkylation sites (tertiary alicyclic amines) is 1. The highest BCUT2D eigenvalue weighted by molar-refractivity contribution is 5.78. The monoisotopic (exact) mass is 330 g/mol. The molecule has 1 aromatic carbocycles. The summed E-state index contributed by atoms with van der Waals surface area (Å²) in [7, 11) is 0. The van der Waals surface area contributed by atoms with E-state index in [9.17, 15) is 14.4 Å². The van der Waals surface area contributed by atoms with Gasteiger partial charge in [0, 0.05) is 6.54 Å². The minimum atomic E-state index is -0.564. The van der Waals surface area contributed by atoms with Crippen molar-refractivity contribution >= 4 is 16.8 Å². The normalized spacial score (nSPS) is 15.0. The minimum Gasteiger partial charge on any atom is -0.354 e. The molecule has 128 valence electrons. The summed E-state index contributed by atoms with van der Waals surface area (Å²) >= 11 is 0. The van der Waals surface area contributed by atoms with Crippen LogP contribution in [0.2, 0.25) is 0 Å². The van der Waals surface area contributed by atoms with Gasteiger partial charge in [-0.05, 0) is 51.0 Å². The summed E-state index contributed by atoms with van der Waals surface area (Å²) in [6, 6.07) is 6.78. The first-order valence-corrected chi connectivity index (χ1v) is 8.36. The van der Waals surface area contributed by atoms with Gasteiger partial charge >= 0.3 is 5.69 Å². The Balaban J connectivity index is 1.59. The van der Waals surface area contributed by atoms with E-state index in [-0.39, 0.29) is 12.5 Å². The van der Waals surface area contributed by atoms with Gasteiger partial charge in [-0.1, -0.05) is 12.1 Å². The van der Waals surface area contributed by atoms with Crippen molar-refractivity contribution in [3.8, 4) is 0 Å². The van der Waals surface area contributed by atoms with E-state index in [1.165, 1.54) is 12.8 Å². The van der Waals surface area contributed by atoms with Gasteiger partial charge in [0.2, 0.25) is 5.91 Å². The standard InChI is InChI=1S/C17H22N4O3/c22-15(18-8-5-11-20-9-3-4-10-20)12-21-16(23)13-6-1-2-7-14(13)19-17(21)24/h1-2,6-7H,3-5,8-12H2,(H,18,22)(H,19,24). The number of rotatable bonds is 6. The van der Waals surface area contributed by atoms with Crippen LogP contribution in [-0.2, 0) is 11.3 Å². The van der Waals surface area contributed by atoms with Crippen LogP contribution in [0.1, 0.15) is 19.3 Å². The molecule has 0 unspecified atom stereocenters. The molecular weight excluding hydrogens is 308 g/mol. The molecule has 7 heteroatoms. The number of H-pyrrole nitrogens is 1. The van der Waals surface area contributed by atoms with Crippen molar-refractivity contribution in [2.75, 3.05) is 26.2 Å². The second-order valence-electron chi connectivity index (χ2n) is 6.12. The maximum atomic E-state index is 12.3. The summed E-state index contributed by atoms with van der Waals surface area (Å²) in [5, 5.41) is 3.18. The molecule has 0 saturated carbocycles. The lowest BCUT2D eigenvalue weighted by Gasteiger charge is -2.14. The maximum Gasteiger partial charge on any atom is 0.329 e. The number of nitrogens with one attached hydrogen (secondary N) is 2. The van der Waals surface area contributed by atoms with Gasteiger partial charge in [-0.2, -0.15) is 0 Å². The largest absolute Gasteiger partial charge is 0.354 e. The number of benzene rings is 1. The number of aromatic amines is 1. The molecule has 2 N–H and O–H groups in total. The van der Waals surface area contributed by atoms with E-state index < -0.39 is 11.2 Å². The van der Waals surface area contributed by atoms with Crippen LogP contribution in [0, 0.1) is 0 Å². The molecule has 1 amide bonds. The molecule has 1 saturated heterocycles. The van der Waals surface area contributed by atoms with E-state index in [1.807, 2.05) is 0 Å². The molecule has 1 aliphatic rings. The second-order valence-corrected chi connectivity index (χ2v) is 6.12. The average Bonchev–Trinajstić information content (AvgIpc) is 3.09. The Labute approximate surface area is 139 Å². The molecule has 0 aliphatic carbocycles. The number of amides is 1. The van der Waals surface area contributed by atoms with E-state index in [0.717, 1.165) is 30.6 Å². The molecule has 7 nitrogen and oxygen atoms in total. The molecule has 3 rings (SSSR count). The van der Waals surface area contributed by atoms with E-state index in [4.69, 9.17) is 0 Å². The van der Waals surface area contributed by atoms with E-state index in [0.29, 0.717) is 17.4 Å². The SMILES string of the molecule is O=C(Cn1c(=O)[nH]c2ccccc2c1=O)NCCCN1CCCC1. The molecule has 0 spiro atoms. The Morgan fingerprint density at radius 1 is 1.17 bits per heavy atom. The van der Waals surface area contributed by atoms with Crippen LogP contribution in [0.4, 0.5) is 0 Å². The number of hydrogen-bond donors (Lipinski definition) is 2. The van der Waals surface area contributed by atoms with Gasteiger partial charge in [0.1, 0.15) is 6.54 Å². The predicted molar refractivity (Wildman–Crippen MR) is 92.1 cm³/mol. The lowest BCUT2D eigenvalue weighted by atomic mass is 10.2. The van der Waals surface area contributed by atoms with Crippen molar-refractivity contribution in [3.63, 3.8) is 0 Å². The Hall–Kier alpha value is -2.41. The van der Waals surface area contributed by atoms with Crippen LogP contribution in [0.25, 0.3) is 10.9 Å². The quantitative estimate of drug-likeness (QED) is 0.746. The van der Waals surface area contributed by atoms with Crippen molar-refractivity contribution in [1.29, 1.82) is 0 Å². The summed E-state index contributed by atoms with van der Waals surface area (Å²) in [5.41, 5.74) is -0.526. The Morgan fingerprint density at radius 2 is 1.92 bits per heavy atom. The van der Waals surface area contributed by atoms with Crippen molar-refractivity contribution in [2.24, 2.45) is 0 Å². The summed E-state index contributed by atoms with van der Waals surface area (Å²) in [6.07, 6.45) is 3.37. The van der Waals surface area contributed by atoms with Crippen LogP contribution in [-0.4, -0.2) is 46.5 Å². The fraction of sp³-hybridized carbons (Fsp3) is 0.471. The van der Waals surface area contributed by atoms with Gasteiger partial charge < -0.3 is 15.2 Å². The number of para-hydroxylation sites is 1. The predicted octanol–water partition coefficient (Wildman–Crippen LogP) is 0.292. The highest BCUT2D eigenvalue weighted by Crippen LogP contribution is 2.06. The first-order valence-electron chi connectivity index (χ1n) is 8.36. The third-order valence-corrected chi connectivity index (χ3v) is 4.36. The molecule has 1 aromatic heterocycles. The van der Waals surface area contributed by atoms with Crippen LogP contribution in [0.3, 0.4) is 0 Å². The minimum absolute atomic E-state index is 0.261. The number of carbonyl (C=O) groups is 1. The molecule has 1 aliphatic heterocycles. The molecular formula is C17H22N4O3. The topological polar surface area (TPSA) is 87.2 Å². The zero-order chi connectivity index (χ0) is 16.9. The molecule has 0 radical (unpaired) electrons. The van der Waals surface area contributed by atoms with Crippen molar-refractivity contribution in [3.05, 3.63) is 45.1 Å². The third-order valence-electron chi connectivity index (χ3n) is 4.36. The van der Waals surface area contributed by atoms with Crippen LogP contribution >= 0.6 is 0 Å². The molecule has 24 heavy (non-hydrogen) atoms. The summed E-state index contributed by atoms with van der Waals surface area (Å²) in [5.74, 6) is -0.320. The van der Waals surface area contributed by atoms with Crippen molar-refractivity contribution in [2.45, 2.75) is 25.8 Å². The van der Waals surface area contributed by atoms with Gasteiger partial charge in [-0.3, -0.25) is 14.2 Å². The number of nitrogens with zero attached hydrogens (tertiary/aromatic N) is 2. The lowest BCUT2D eigenvalue weighted by Crippen LogP contribution is -2.41. The number of carbonyl (C=O) groups excluding carboxylic acids is 1. The Morgan fingerprint density at radius 3 is 2.71 bits per heavy atom. The van der Waals surface area contributed by atoms with Crippen molar-refractivity contribution < 1.29 is 4.79 Å². The third kappa shape index (κ3) is 3.73. The Kier molecular flexibility index (Phi) is 5.10. The first-order chi connectivity index (χ1) is 11.6. The molecule has 2 heterocycles. The van der Waals surface area contributed by atoms with Gasteiger partial charge in [0.25, 0.3) is 5.56 Å². The molecule has 0 bridgehead atoms. The van der Waals surface area contributed by atoms with Gasteiger partial charge in [0.05, 0.1) is 10.9 Å². The lowest BCUT2D eigenvalue weighted by molar-refractivity contribution is -0.121. The zero-order valence-electron chi connectivity index (χ0n) is 13.6. The smallest absolute Gasteiger partial charge is 0.329 e. The van der Waals surface area contributed by atoms with Gasteiger partial charge in [0.15, 0.2) is 0 Å².